The molecule has 1 saturated heterocycles. The van der Waals surface area contributed by atoms with Crippen LogP contribution in [0.15, 0.2) is 103 Å². The lowest BCUT2D eigenvalue weighted by molar-refractivity contribution is -0.140. The van der Waals surface area contributed by atoms with Crippen molar-refractivity contribution in [1.82, 2.24) is 9.88 Å². The normalized spacial score (nSPS) is 16.3. The SMILES string of the molecule is Cc1cc(/C(O)=C2\C(=O)C(=O)N(Cc3cccnc3)C2c2cccc(Oc3ccccc3)c2)ccc1OCC(C)C. The number of aromatic nitrogens is 1. The predicted molar refractivity (Wildman–Crippen MR) is 157 cm³/mol. The van der Waals surface area contributed by atoms with Crippen LogP contribution in [0.5, 0.6) is 17.2 Å². The van der Waals surface area contributed by atoms with Crippen molar-refractivity contribution in [2.24, 2.45) is 5.92 Å². The van der Waals surface area contributed by atoms with E-state index in [1.54, 1.807) is 42.7 Å². The Morgan fingerprint density at radius 2 is 1.73 bits per heavy atom. The maximum atomic E-state index is 13.5. The van der Waals surface area contributed by atoms with Crippen LogP contribution in [-0.2, 0) is 16.1 Å². The number of aliphatic hydroxyl groups is 1. The minimum atomic E-state index is -0.841. The number of hydrogen-bond acceptors (Lipinski definition) is 6. The average molecular weight is 549 g/mol. The van der Waals surface area contributed by atoms with E-state index < -0.39 is 17.7 Å². The molecule has 1 amide bonds. The minimum absolute atomic E-state index is 0.0194. The zero-order valence-electron chi connectivity index (χ0n) is 23.3. The molecule has 1 aromatic heterocycles. The van der Waals surface area contributed by atoms with E-state index in [1.807, 2.05) is 61.5 Å². The summed E-state index contributed by atoms with van der Waals surface area (Å²) in [7, 11) is 0. The molecule has 1 unspecified atom stereocenters. The molecular weight excluding hydrogens is 516 g/mol. The molecule has 2 heterocycles. The van der Waals surface area contributed by atoms with Gasteiger partial charge in [-0.3, -0.25) is 14.6 Å². The molecule has 41 heavy (non-hydrogen) atoms. The number of ether oxygens (including phenoxy) is 2. The third kappa shape index (κ3) is 6.14. The van der Waals surface area contributed by atoms with Crippen molar-refractivity contribution >= 4 is 17.4 Å². The van der Waals surface area contributed by atoms with Crippen molar-refractivity contribution in [1.29, 1.82) is 0 Å². The Balaban J connectivity index is 1.58. The first-order valence-corrected chi connectivity index (χ1v) is 13.6. The van der Waals surface area contributed by atoms with E-state index in [9.17, 15) is 14.7 Å². The first-order chi connectivity index (χ1) is 19.8. The molecule has 208 valence electrons. The molecule has 7 heteroatoms. The minimum Gasteiger partial charge on any atom is -0.507 e. The number of carbonyl (C=O) groups excluding carboxylic acids is 2. The molecule has 1 N–H and O–H groups in total. The van der Waals surface area contributed by atoms with Gasteiger partial charge in [-0.25, -0.2) is 0 Å². The second-order valence-corrected chi connectivity index (χ2v) is 10.5. The van der Waals surface area contributed by atoms with E-state index in [-0.39, 0.29) is 17.9 Å². The molecule has 1 atom stereocenters. The maximum absolute atomic E-state index is 13.5. The number of rotatable bonds is 9. The molecule has 1 fully saturated rings. The summed E-state index contributed by atoms with van der Waals surface area (Å²) in [6, 6.07) is 24.6. The topological polar surface area (TPSA) is 89.0 Å². The summed E-state index contributed by atoms with van der Waals surface area (Å²) < 4.78 is 11.9. The van der Waals surface area contributed by atoms with Crippen molar-refractivity contribution in [2.75, 3.05) is 6.61 Å². The lowest BCUT2D eigenvalue weighted by atomic mass is 9.94. The van der Waals surface area contributed by atoms with Gasteiger partial charge in [-0.15, -0.1) is 0 Å². The van der Waals surface area contributed by atoms with Crippen molar-refractivity contribution in [3.63, 3.8) is 0 Å². The first-order valence-electron chi connectivity index (χ1n) is 13.6. The van der Waals surface area contributed by atoms with E-state index in [2.05, 4.69) is 18.8 Å². The fourth-order valence-electron chi connectivity index (χ4n) is 4.82. The summed E-state index contributed by atoms with van der Waals surface area (Å²) in [5.41, 5.74) is 2.66. The van der Waals surface area contributed by atoms with Gasteiger partial charge in [0.1, 0.15) is 23.0 Å². The molecule has 0 radical (unpaired) electrons. The molecule has 0 saturated carbocycles. The molecule has 0 spiro atoms. The number of nitrogens with zero attached hydrogens (tertiary/aromatic N) is 2. The smallest absolute Gasteiger partial charge is 0.295 e. The van der Waals surface area contributed by atoms with Crippen LogP contribution in [0, 0.1) is 12.8 Å². The summed E-state index contributed by atoms with van der Waals surface area (Å²) in [5, 5.41) is 11.6. The van der Waals surface area contributed by atoms with Crippen LogP contribution in [0.3, 0.4) is 0 Å². The van der Waals surface area contributed by atoms with E-state index in [4.69, 9.17) is 9.47 Å². The van der Waals surface area contributed by atoms with Crippen LogP contribution in [-0.4, -0.2) is 33.3 Å². The number of aliphatic hydroxyl groups excluding tert-OH is 1. The van der Waals surface area contributed by atoms with E-state index in [0.717, 1.165) is 11.1 Å². The van der Waals surface area contributed by atoms with Gasteiger partial charge in [0.05, 0.1) is 18.2 Å². The first kappa shape index (κ1) is 27.6. The Morgan fingerprint density at radius 1 is 0.951 bits per heavy atom. The summed E-state index contributed by atoms with van der Waals surface area (Å²) in [6.07, 6.45) is 3.31. The molecule has 4 aromatic rings. The fraction of sp³-hybridized carbons (Fsp3) is 0.206. The van der Waals surface area contributed by atoms with Crippen molar-refractivity contribution in [3.8, 4) is 17.2 Å². The van der Waals surface area contributed by atoms with Gasteiger partial charge < -0.3 is 19.5 Å². The lowest BCUT2D eigenvalue weighted by Crippen LogP contribution is -2.29. The van der Waals surface area contributed by atoms with Crippen LogP contribution in [0.1, 0.15) is 42.1 Å². The van der Waals surface area contributed by atoms with Crippen LogP contribution < -0.4 is 9.47 Å². The van der Waals surface area contributed by atoms with Gasteiger partial charge >= 0.3 is 0 Å². The number of carbonyl (C=O) groups is 2. The third-order valence-electron chi connectivity index (χ3n) is 6.79. The van der Waals surface area contributed by atoms with Crippen LogP contribution in [0.4, 0.5) is 0 Å². The molecule has 3 aromatic carbocycles. The van der Waals surface area contributed by atoms with Crippen molar-refractivity contribution < 1.29 is 24.2 Å². The highest BCUT2D eigenvalue weighted by Gasteiger charge is 2.46. The van der Waals surface area contributed by atoms with Gasteiger partial charge in [-0.2, -0.15) is 0 Å². The average Bonchev–Trinajstić information content (AvgIpc) is 3.22. The van der Waals surface area contributed by atoms with Gasteiger partial charge in [-0.1, -0.05) is 50.2 Å². The van der Waals surface area contributed by atoms with Crippen molar-refractivity contribution in [2.45, 2.75) is 33.4 Å². The van der Waals surface area contributed by atoms with Crippen molar-refractivity contribution in [3.05, 3.63) is 125 Å². The summed E-state index contributed by atoms with van der Waals surface area (Å²) >= 11 is 0. The quantitative estimate of drug-likeness (QED) is 0.140. The zero-order chi connectivity index (χ0) is 28.9. The Bertz CT molecular complexity index is 1580. The van der Waals surface area contributed by atoms with E-state index >= 15 is 0 Å². The zero-order valence-corrected chi connectivity index (χ0v) is 23.3. The van der Waals surface area contributed by atoms with E-state index in [1.165, 1.54) is 4.90 Å². The number of amides is 1. The summed E-state index contributed by atoms with van der Waals surface area (Å²) in [5.74, 6) is 0.587. The van der Waals surface area contributed by atoms with Gasteiger partial charge in [-0.05, 0) is 78.1 Å². The second-order valence-electron chi connectivity index (χ2n) is 10.5. The van der Waals surface area contributed by atoms with Crippen LogP contribution >= 0.6 is 0 Å². The van der Waals surface area contributed by atoms with Gasteiger partial charge in [0.15, 0.2) is 0 Å². The fourth-order valence-corrected chi connectivity index (χ4v) is 4.82. The number of benzene rings is 3. The highest BCUT2D eigenvalue weighted by molar-refractivity contribution is 6.46. The molecular formula is C34H32N2O5. The summed E-state index contributed by atoms with van der Waals surface area (Å²) in [6.45, 7) is 6.73. The number of Topliss-reactive ketones (excluding diaryl/α,β-unsaturated/α-hetero) is 1. The molecule has 1 aliphatic rings. The Hall–Kier alpha value is -4.91. The van der Waals surface area contributed by atoms with E-state index in [0.29, 0.717) is 40.9 Å². The number of ketones is 1. The number of hydrogen-bond donors (Lipinski definition) is 1. The monoisotopic (exact) mass is 548 g/mol. The number of pyridine rings is 1. The highest BCUT2D eigenvalue weighted by Crippen LogP contribution is 2.41. The predicted octanol–water partition coefficient (Wildman–Crippen LogP) is 6.84. The Labute approximate surface area is 239 Å². The summed E-state index contributed by atoms with van der Waals surface area (Å²) in [4.78, 5) is 32.6. The number of aryl methyl sites for hydroxylation is 1. The number of likely N-dealkylation sites (tertiary alicyclic amines) is 1. The maximum Gasteiger partial charge on any atom is 0.295 e. The largest absolute Gasteiger partial charge is 0.507 e. The molecule has 5 rings (SSSR count). The number of para-hydroxylation sites is 1. The lowest BCUT2D eigenvalue weighted by Gasteiger charge is -2.25. The third-order valence-corrected chi connectivity index (χ3v) is 6.79. The van der Waals surface area contributed by atoms with Gasteiger partial charge in [0.2, 0.25) is 0 Å². The Kier molecular flexibility index (Phi) is 8.15. The van der Waals surface area contributed by atoms with Gasteiger partial charge in [0.25, 0.3) is 11.7 Å². The molecule has 0 aliphatic carbocycles. The van der Waals surface area contributed by atoms with Crippen LogP contribution in [0.25, 0.3) is 5.76 Å². The second kappa shape index (κ2) is 12.1. The molecule has 7 nitrogen and oxygen atoms in total. The molecule has 1 aliphatic heterocycles. The van der Waals surface area contributed by atoms with Crippen LogP contribution in [0.2, 0.25) is 0 Å². The molecule has 0 bridgehead atoms. The standard InChI is InChI=1S/C34H32N2O5/c1-22(2)21-40-29-15-14-26(17-23(29)3)32(37)30-31(36(34(39)33(30)38)20-24-9-8-16-35-19-24)25-10-7-13-28(18-25)41-27-11-5-4-6-12-27/h4-19,22,31,37H,20-21H2,1-3H3/b32-30+. The van der Waals surface area contributed by atoms with Gasteiger partial charge in [0, 0.05) is 24.5 Å². The Morgan fingerprint density at radius 3 is 2.44 bits per heavy atom. The highest BCUT2D eigenvalue weighted by atomic mass is 16.5.